The third-order valence-corrected chi connectivity index (χ3v) is 5.14. The molecule has 1 aromatic heterocycles. The van der Waals surface area contributed by atoms with E-state index in [1.807, 2.05) is 30.3 Å². The van der Waals surface area contributed by atoms with Gasteiger partial charge in [-0.3, -0.25) is 14.6 Å². The fourth-order valence-electron chi connectivity index (χ4n) is 3.67. The molecule has 2 fully saturated rings. The summed E-state index contributed by atoms with van der Waals surface area (Å²) in [7, 11) is 0. The van der Waals surface area contributed by atoms with Gasteiger partial charge in [0.2, 0.25) is 5.91 Å². The number of benzene rings is 1. The van der Waals surface area contributed by atoms with Crippen LogP contribution in [0.25, 0.3) is 11.1 Å². The maximum Gasteiger partial charge on any atom is 0.247 e. The molecule has 0 radical (unpaired) electrons. The summed E-state index contributed by atoms with van der Waals surface area (Å²) in [6, 6.07) is 13.0. The van der Waals surface area contributed by atoms with Gasteiger partial charge in [0.05, 0.1) is 18.2 Å². The van der Waals surface area contributed by atoms with E-state index in [0.717, 1.165) is 24.2 Å². The lowest BCUT2D eigenvalue weighted by molar-refractivity contribution is -0.127. The number of nitrogens with zero attached hydrogens (tertiary/aromatic N) is 6. The SMILES string of the molecule is N#Cc1cccc(-c2ccnc(N3CCN4CCN(C#N)C[C@@H]4C3=O)c2)c1. The summed E-state index contributed by atoms with van der Waals surface area (Å²) in [6.07, 6.45) is 3.83. The van der Waals surface area contributed by atoms with Crippen molar-refractivity contribution in [3.63, 3.8) is 0 Å². The van der Waals surface area contributed by atoms with Crippen molar-refractivity contribution in [2.24, 2.45) is 0 Å². The van der Waals surface area contributed by atoms with Crippen LogP contribution in [0.15, 0.2) is 42.6 Å². The molecule has 1 aromatic carbocycles. The van der Waals surface area contributed by atoms with E-state index in [-0.39, 0.29) is 11.9 Å². The van der Waals surface area contributed by atoms with Crippen LogP contribution in [0.5, 0.6) is 0 Å². The van der Waals surface area contributed by atoms with Crippen molar-refractivity contribution >= 4 is 11.7 Å². The molecule has 4 rings (SSSR count). The highest BCUT2D eigenvalue weighted by molar-refractivity contribution is 5.98. The molecule has 1 amide bonds. The molecule has 27 heavy (non-hydrogen) atoms. The van der Waals surface area contributed by atoms with E-state index in [2.05, 4.69) is 22.1 Å². The number of pyridine rings is 1. The summed E-state index contributed by atoms with van der Waals surface area (Å²) in [6.45, 7) is 3.17. The number of hydrogen-bond acceptors (Lipinski definition) is 6. The van der Waals surface area contributed by atoms with E-state index in [0.29, 0.717) is 31.0 Å². The Hall–Kier alpha value is -3.42. The lowest BCUT2D eigenvalue weighted by atomic mass is 10.0. The van der Waals surface area contributed by atoms with Crippen molar-refractivity contribution in [1.82, 2.24) is 14.8 Å². The number of piperazine rings is 2. The van der Waals surface area contributed by atoms with Crippen molar-refractivity contribution in [2.75, 3.05) is 37.6 Å². The van der Waals surface area contributed by atoms with Crippen LogP contribution >= 0.6 is 0 Å². The predicted molar refractivity (Wildman–Crippen MR) is 99.3 cm³/mol. The van der Waals surface area contributed by atoms with E-state index >= 15 is 0 Å². The molecule has 3 heterocycles. The van der Waals surface area contributed by atoms with E-state index < -0.39 is 0 Å². The number of amides is 1. The molecule has 0 spiro atoms. The summed E-state index contributed by atoms with van der Waals surface area (Å²) in [5, 5.41) is 18.3. The minimum atomic E-state index is -0.306. The van der Waals surface area contributed by atoms with Gasteiger partial charge in [-0.1, -0.05) is 12.1 Å². The van der Waals surface area contributed by atoms with Crippen LogP contribution in [-0.2, 0) is 4.79 Å². The Bertz CT molecular complexity index is 959. The number of hydrogen-bond donors (Lipinski definition) is 0. The van der Waals surface area contributed by atoms with Crippen LogP contribution in [-0.4, -0.2) is 59.5 Å². The van der Waals surface area contributed by atoms with Crippen molar-refractivity contribution in [1.29, 1.82) is 10.5 Å². The molecule has 2 aliphatic heterocycles. The van der Waals surface area contributed by atoms with E-state index in [1.165, 1.54) is 0 Å². The summed E-state index contributed by atoms with van der Waals surface area (Å²) in [5.74, 6) is 0.588. The molecule has 2 aromatic rings. The number of carbonyl (C=O) groups excluding carboxylic acids is 1. The molecule has 0 aliphatic carbocycles. The summed E-state index contributed by atoms with van der Waals surface area (Å²) >= 11 is 0. The second-order valence-corrected chi connectivity index (χ2v) is 6.68. The number of fused-ring (bicyclic) bond motifs is 1. The zero-order chi connectivity index (χ0) is 18.8. The molecule has 0 saturated carbocycles. The molecular weight excluding hydrogens is 340 g/mol. The second-order valence-electron chi connectivity index (χ2n) is 6.68. The monoisotopic (exact) mass is 358 g/mol. The Labute approximate surface area is 157 Å². The molecule has 0 unspecified atom stereocenters. The van der Waals surface area contributed by atoms with Gasteiger partial charge in [-0.15, -0.1) is 0 Å². The van der Waals surface area contributed by atoms with Crippen LogP contribution in [0.2, 0.25) is 0 Å². The summed E-state index contributed by atoms with van der Waals surface area (Å²) in [4.78, 5) is 22.9. The molecule has 2 saturated heterocycles. The van der Waals surface area contributed by atoms with Gasteiger partial charge >= 0.3 is 0 Å². The molecule has 2 aliphatic rings. The average molecular weight is 358 g/mol. The molecule has 7 nitrogen and oxygen atoms in total. The largest absolute Gasteiger partial charge is 0.307 e. The van der Waals surface area contributed by atoms with Gasteiger partial charge in [0.1, 0.15) is 11.9 Å². The van der Waals surface area contributed by atoms with Gasteiger partial charge in [0.25, 0.3) is 0 Å². The van der Waals surface area contributed by atoms with Gasteiger partial charge in [-0.05, 0) is 35.4 Å². The maximum absolute atomic E-state index is 13.0. The van der Waals surface area contributed by atoms with Crippen LogP contribution < -0.4 is 4.90 Å². The van der Waals surface area contributed by atoms with Crippen molar-refractivity contribution in [2.45, 2.75) is 6.04 Å². The molecule has 0 N–H and O–H groups in total. The first-order valence-electron chi connectivity index (χ1n) is 8.86. The van der Waals surface area contributed by atoms with Crippen molar-refractivity contribution in [3.05, 3.63) is 48.2 Å². The fraction of sp³-hybridized carbons (Fsp3) is 0.300. The average Bonchev–Trinajstić information content (AvgIpc) is 2.74. The highest BCUT2D eigenvalue weighted by Gasteiger charge is 2.39. The van der Waals surface area contributed by atoms with Gasteiger partial charge < -0.3 is 4.90 Å². The van der Waals surface area contributed by atoms with Gasteiger partial charge in [-0.25, -0.2) is 4.98 Å². The third-order valence-electron chi connectivity index (χ3n) is 5.14. The van der Waals surface area contributed by atoms with E-state index in [4.69, 9.17) is 10.5 Å². The Morgan fingerprint density at radius 1 is 1.04 bits per heavy atom. The number of rotatable bonds is 2. The Balaban J connectivity index is 1.61. The van der Waals surface area contributed by atoms with Crippen LogP contribution in [0.1, 0.15) is 5.56 Å². The topological polar surface area (TPSA) is 87.3 Å². The van der Waals surface area contributed by atoms with E-state index in [1.54, 1.807) is 22.1 Å². The molecule has 1 atom stereocenters. The molecule has 134 valence electrons. The van der Waals surface area contributed by atoms with E-state index in [9.17, 15) is 4.79 Å². The number of aromatic nitrogens is 1. The number of carbonyl (C=O) groups is 1. The first-order chi connectivity index (χ1) is 13.2. The Morgan fingerprint density at radius 3 is 2.67 bits per heavy atom. The third kappa shape index (κ3) is 3.21. The molecule has 0 bridgehead atoms. The highest BCUT2D eigenvalue weighted by atomic mass is 16.2. The van der Waals surface area contributed by atoms with Crippen LogP contribution in [0, 0.1) is 22.8 Å². The second kappa shape index (κ2) is 7.06. The summed E-state index contributed by atoms with van der Waals surface area (Å²) in [5.41, 5.74) is 2.42. The Kier molecular flexibility index (Phi) is 4.45. The first kappa shape index (κ1) is 17.0. The van der Waals surface area contributed by atoms with Crippen molar-refractivity contribution in [3.8, 4) is 23.4 Å². The number of anilines is 1. The standard InChI is InChI=1S/C20H18N6O/c21-12-15-2-1-3-16(10-15)17-4-5-23-19(11-17)26-9-8-25-7-6-24(14-22)13-18(25)20(26)27/h1-5,10-11,18H,6-9,13H2/t18-/m1/s1. The lowest BCUT2D eigenvalue weighted by Crippen LogP contribution is -2.64. The quantitative estimate of drug-likeness (QED) is 0.755. The molecule has 7 heteroatoms. The molecular formula is C20H18N6O. The zero-order valence-corrected chi connectivity index (χ0v) is 14.7. The minimum Gasteiger partial charge on any atom is -0.307 e. The highest BCUT2D eigenvalue weighted by Crippen LogP contribution is 2.26. The normalized spacial score (nSPS) is 19.9. The smallest absolute Gasteiger partial charge is 0.247 e. The van der Waals surface area contributed by atoms with Gasteiger partial charge in [0, 0.05) is 32.4 Å². The van der Waals surface area contributed by atoms with Gasteiger partial charge in [0.15, 0.2) is 6.19 Å². The maximum atomic E-state index is 13.0. The fourth-order valence-corrected chi connectivity index (χ4v) is 3.67. The van der Waals surface area contributed by atoms with Crippen LogP contribution in [0.4, 0.5) is 5.82 Å². The van der Waals surface area contributed by atoms with Crippen molar-refractivity contribution < 1.29 is 4.79 Å². The minimum absolute atomic E-state index is 0.0170. The Morgan fingerprint density at radius 2 is 1.85 bits per heavy atom. The zero-order valence-electron chi connectivity index (χ0n) is 14.7. The first-order valence-corrected chi connectivity index (χ1v) is 8.86. The van der Waals surface area contributed by atoms with Crippen LogP contribution in [0.3, 0.4) is 0 Å². The lowest BCUT2D eigenvalue weighted by Gasteiger charge is -2.44. The van der Waals surface area contributed by atoms with Gasteiger partial charge in [-0.2, -0.15) is 10.5 Å². The number of nitriles is 2. The summed E-state index contributed by atoms with van der Waals surface area (Å²) < 4.78 is 0. The predicted octanol–water partition coefficient (Wildman–Crippen LogP) is 1.43.